The molecule has 0 bridgehead atoms. The number of rotatable bonds is 7. The van der Waals surface area contributed by atoms with Crippen LogP contribution in [0.2, 0.25) is 5.15 Å². The summed E-state index contributed by atoms with van der Waals surface area (Å²) in [5, 5.41) is 13.2. The van der Waals surface area contributed by atoms with E-state index in [1.165, 1.54) is 11.5 Å². The van der Waals surface area contributed by atoms with E-state index in [9.17, 15) is 0 Å². The molecule has 0 aliphatic carbocycles. The fraction of sp³-hybridized carbons (Fsp3) is 0.333. The third-order valence-corrected chi connectivity index (χ3v) is 4.34. The number of halogens is 1. The first-order valence-electron chi connectivity index (χ1n) is 6.69. The molecule has 1 N–H and O–H groups in total. The third-order valence-electron chi connectivity index (χ3n) is 3.16. The van der Waals surface area contributed by atoms with Gasteiger partial charge in [0.05, 0.1) is 14.2 Å². The molecule has 0 radical (unpaired) electrons. The third kappa shape index (κ3) is 3.81. The van der Waals surface area contributed by atoms with Crippen LogP contribution in [0.25, 0.3) is 0 Å². The van der Waals surface area contributed by atoms with Gasteiger partial charge in [-0.1, -0.05) is 11.6 Å². The number of aromatic nitrogens is 1. The lowest BCUT2D eigenvalue weighted by Gasteiger charge is -2.10. The molecule has 0 amide bonds. The second kappa shape index (κ2) is 7.87. The van der Waals surface area contributed by atoms with E-state index in [4.69, 9.17) is 26.3 Å². The molecule has 1 heterocycles. The summed E-state index contributed by atoms with van der Waals surface area (Å²) in [4.78, 5) is 0. The fourth-order valence-corrected chi connectivity index (χ4v) is 3.01. The van der Waals surface area contributed by atoms with Crippen LogP contribution in [0.4, 0.5) is 5.00 Å². The van der Waals surface area contributed by atoms with Crippen LogP contribution in [0.3, 0.4) is 0 Å². The predicted octanol–water partition coefficient (Wildman–Crippen LogP) is 3.73. The molecule has 0 fully saturated rings. The molecule has 0 unspecified atom stereocenters. The number of nitrogens with zero attached hydrogens (tertiary/aromatic N) is 2. The molecule has 1 aromatic heterocycles. The van der Waals surface area contributed by atoms with E-state index in [0.29, 0.717) is 17.1 Å². The molecule has 7 heteroatoms. The van der Waals surface area contributed by atoms with Crippen LogP contribution in [0.15, 0.2) is 18.2 Å². The molecule has 0 aliphatic rings. The number of nitrogens with one attached hydrogen (secondary N) is 1. The Bertz CT molecular complexity index is 682. The SMILES string of the molecule is COc1ccc(OC)c(CCCNc2snc(Cl)c2C#N)c1. The fourth-order valence-electron chi connectivity index (χ4n) is 2.05. The highest BCUT2D eigenvalue weighted by atomic mass is 35.5. The van der Waals surface area contributed by atoms with E-state index >= 15 is 0 Å². The summed E-state index contributed by atoms with van der Waals surface area (Å²) < 4.78 is 14.6. The van der Waals surface area contributed by atoms with Gasteiger partial charge in [0.15, 0.2) is 5.15 Å². The molecule has 0 saturated heterocycles. The maximum absolute atomic E-state index is 9.01. The van der Waals surface area contributed by atoms with Gasteiger partial charge >= 0.3 is 0 Å². The van der Waals surface area contributed by atoms with Crippen LogP contribution in [-0.4, -0.2) is 25.1 Å². The van der Waals surface area contributed by atoms with E-state index in [2.05, 4.69) is 15.8 Å². The number of methoxy groups -OCH3 is 2. The molecule has 2 rings (SSSR count). The van der Waals surface area contributed by atoms with E-state index in [1.807, 2.05) is 18.2 Å². The Labute approximate surface area is 138 Å². The maximum atomic E-state index is 9.01. The van der Waals surface area contributed by atoms with Gasteiger partial charge in [0.25, 0.3) is 0 Å². The molecule has 22 heavy (non-hydrogen) atoms. The molecule has 2 aromatic rings. The summed E-state index contributed by atoms with van der Waals surface area (Å²) in [6, 6.07) is 7.80. The van der Waals surface area contributed by atoms with Crippen LogP contribution < -0.4 is 14.8 Å². The summed E-state index contributed by atoms with van der Waals surface area (Å²) in [7, 11) is 3.30. The summed E-state index contributed by atoms with van der Waals surface area (Å²) >= 11 is 7.03. The first-order chi connectivity index (χ1) is 10.7. The van der Waals surface area contributed by atoms with Crippen LogP contribution in [-0.2, 0) is 6.42 Å². The first-order valence-corrected chi connectivity index (χ1v) is 7.84. The minimum absolute atomic E-state index is 0.254. The summed E-state index contributed by atoms with van der Waals surface area (Å²) in [6.45, 7) is 0.716. The summed E-state index contributed by atoms with van der Waals surface area (Å²) in [5.41, 5.74) is 1.50. The Kier molecular flexibility index (Phi) is 5.87. The predicted molar refractivity (Wildman–Crippen MR) is 88.2 cm³/mol. The quantitative estimate of drug-likeness (QED) is 0.780. The molecule has 0 atom stereocenters. The van der Waals surface area contributed by atoms with Gasteiger partial charge < -0.3 is 14.8 Å². The molecular weight excluding hydrogens is 322 g/mol. The molecule has 5 nitrogen and oxygen atoms in total. The smallest absolute Gasteiger partial charge is 0.162 e. The summed E-state index contributed by atoms with van der Waals surface area (Å²) in [6.07, 6.45) is 1.71. The van der Waals surface area contributed by atoms with Crippen molar-refractivity contribution in [1.82, 2.24) is 4.37 Å². The highest BCUT2D eigenvalue weighted by molar-refractivity contribution is 7.10. The van der Waals surface area contributed by atoms with Crippen molar-refractivity contribution in [3.63, 3.8) is 0 Å². The van der Waals surface area contributed by atoms with Crippen molar-refractivity contribution in [2.45, 2.75) is 12.8 Å². The standard InChI is InChI=1S/C15H16ClN3O2S/c1-20-11-5-6-13(21-2)10(8-11)4-3-7-18-15-12(9-17)14(16)19-22-15/h5-6,8,18H,3-4,7H2,1-2H3. The lowest BCUT2D eigenvalue weighted by Crippen LogP contribution is -2.03. The Balaban J connectivity index is 1.92. The lowest BCUT2D eigenvalue weighted by molar-refractivity contribution is 0.398. The van der Waals surface area contributed by atoms with Gasteiger partial charge in [-0.3, -0.25) is 0 Å². The van der Waals surface area contributed by atoms with Crippen LogP contribution in [0, 0.1) is 11.3 Å². The number of hydrogen-bond acceptors (Lipinski definition) is 6. The van der Waals surface area contributed by atoms with E-state index in [0.717, 1.165) is 29.9 Å². The molecule has 1 aromatic carbocycles. The van der Waals surface area contributed by atoms with Gasteiger partial charge in [-0.2, -0.15) is 9.64 Å². The minimum atomic E-state index is 0.254. The van der Waals surface area contributed by atoms with E-state index in [1.54, 1.807) is 14.2 Å². The van der Waals surface area contributed by atoms with Gasteiger partial charge in [0, 0.05) is 6.54 Å². The molecule has 0 spiro atoms. The van der Waals surface area contributed by atoms with Crippen molar-refractivity contribution in [3.05, 3.63) is 34.5 Å². The average molecular weight is 338 g/mol. The molecule has 0 saturated carbocycles. The molecule has 0 aliphatic heterocycles. The largest absolute Gasteiger partial charge is 0.497 e. The Morgan fingerprint density at radius 1 is 1.36 bits per heavy atom. The zero-order chi connectivity index (χ0) is 15.9. The van der Waals surface area contributed by atoms with Crippen molar-refractivity contribution in [2.75, 3.05) is 26.1 Å². The first kappa shape index (κ1) is 16.4. The highest BCUT2D eigenvalue weighted by Crippen LogP contribution is 2.28. The molecule has 116 valence electrons. The Morgan fingerprint density at radius 2 is 2.18 bits per heavy atom. The van der Waals surface area contributed by atoms with Crippen molar-refractivity contribution >= 4 is 28.1 Å². The van der Waals surface area contributed by atoms with E-state index in [-0.39, 0.29) is 5.15 Å². The second-order valence-corrected chi connectivity index (χ2v) is 5.63. The van der Waals surface area contributed by atoms with Gasteiger partial charge in [0.2, 0.25) is 0 Å². The molecular formula is C15H16ClN3O2S. The second-order valence-electron chi connectivity index (χ2n) is 4.50. The average Bonchev–Trinajstić information content (AvgIpc) is 2.91. The number of nitriles is 1. The number of anilines is 1. The van der Waals surface area contributed by atoms with Crippen LogP contribution >= 0.6 is 23.1 Å². The zero-order valence-electron chi connectivity index (χ0n) is 12.4. The highest BCUT2D eigenvalue weighted by Gasteiger charge is 2.11. The van der Waals surface area contributed by atoms with Crippen molar-refractivity contribution in [2.24, 2.45) is 0 Å². The number of ether oxygens (including phenoxy) is 2. The van der Waals surface area contributed by atoms with Gasteiger partial charge in [-0.25, -0.2) is 0 Å². The number of aryl methyl sites for hydroxylation is 1. The van der Waals surface area contributed by atoms with Crippen LogP contribution in [0.1, 0.15) is 17.5 Å². The van der Waals surface area contributed by atoms with E-state index < -0.39 is 0 Å². The summed E-state index contributed by atoms with van der Waals surface area (Å²) in [5.74, 6) is 1.66. The Hall–Kier alpha value is -1.97. The number of hydrogen-bond donors (Lipinski definition) is 1. The number of benzene rings is 1. The zero-order valence-corrected chi connectivity index (χ0v) is 13.9. The van der Waals surface area contributed by atoms with Crippen molar-refractivity contribution in [1.29, 1.82) is 5.26 Å². The normalized spacial score (nSPS) is 10.1. The maximum Gasteiger partial charge on any atom is 0.162 e. The van der Waals surface area contributed by atoms with Crippen molar-refractivity contribution < 1.29 is 9.47 Å². The van der Waals surface area contributed by atoms with Crippen LogP contribution in [0.5, 0.6) is 11.5 Å². The topological polar surface area (TPSA) is 67.2 Å². The van der Waals surface area contributed by atoms with Crippen molar-refractivity contribution in [3.8, 4) is 17.6 Å². The Morgan fingerprint density at radius 3 is 2.86 bits per heavy atom. The van der Waals surface area contributed by atoms with Gasteiger partial charge in [0.1, 0.15) is 28.1 Å². The lowest BCUT2D eigenvalue weighted by atomic mass is 10.1. The van der Waals surface area contributed by atoms with Gasteiger partial charge in [-0.05, 0) is 48.1 Å². The van der Waals surface area contributed by atoms with Gasteiger partial charge in [-0.15, -0.1) is 0 Å². The minimum Gasteiger partial charge on any atom is -0.497 e. The monoisotopic (exact) mass is 337 g/mol.